The van der Waals surface area contributed by atoms with E-state index in [1.54, 1.807) is 0 Å². The molecule has 1 heterocycles. The molecule has 0 bridgehead atoms. The minimum atomic E-state index is -0.409. The van der Waals surface area contributed by atoms with Crippen LogP contribution >= 0.6 is 0 Å². The summed E-state index contributed by atoms with van der Waals surface area (Å²) < 4.78 is 5.39. The highest BCUT2D eigenvalue weighted by Gasteiger charge is 2.06. The Bertz CT molecular complexity index is 610. The summed E-state index contributed by atoms with van der Waals surface area (Å²) in [5, 5.41) is 12.3. The van der Waals surface area contributed by atoms with E-state index in [0.717, 1.165) is 17.6 Å². The van der Waals surface area contributed by atoms with Gasteiger partial charge in [-0.2, -0.15) is 0 Å². The second kappa shape index (κ2) is 5.90. The average Bonchev–Trinajstić information content (AvgIpc) is 2.39. The fourth-order valence-corrected chi connectivity index (χ4v) is 1.65. The molecule has 6 nitrogen and oxygen atoms in total. The van der Waals surface area contributed by atoms with Gasteiger partial charge >= 0.3 is 0 Å². The summed E-state index contributed by atoms with van der Waals surface area (Å²) in [6, 6.07) is 7.51. The largest absolute Gasteiger partial charge is 0.494 e. The molecule has 6 heteroatoms. The van der Waals surface area contributed by atoms with Gasteiger partial charge in [0, 0.05) is 6.54 Å². The second-order valence-electron chi connectivity index (χ2n) is 3.86. The normalized spacial score (nSPS) is 10.2. The quantitative estimate of drug-likeness (QED) is 0.759. The first-order chi connectivity index (χ1) is 9.20. The van der Waals surface area contributed by atoms with Gasteiger partial charge in [-0.25, -0.2) is 4.98 Å². The van der Waals surface area contributed by atoms with Gasteiger partial charge in [-0.15, -0.1) is 0 Å². The number of H-pyrrole nitrogens is 1. The lowest BCUT2D eigenvalue weighted by atomic mass is 10.2. The van der Waals surface area contributed by atoms with Crippen molar-refractivity contribution < 1.29 is 9.84 Å². The molecule has 2 rings (SSSR count). The molecule has 0 saturated heterocycles. The van der Waals surface area contributed by atoms with Crippen LogP contribution in [0.15, 0.2) is 35.4 Å². The Morgan fingerprint density at radius 2 is 2.32 bits per heavy atom. The number of aromatic nitrogens is 2. The van der Waals surface area contributed by atoms with Gasteiger partial charge in [0.1, 0.15) is 5.75 Å². The first-order valence-electron chi connectivity index (χ1n) is 5.93. The Kier molecular flexibility index (Phi) is 4.02. The molecular formula is C13H15N3O3. The summed E-state index contributed by atoms with van der Waals surface area (Å²) >= 11 is 0. The molecule has 0 spiro atoms. The van der Waals surface area contributed by atoms with Gasteiger partial charge in [0.05, 0.1) is 12.9 Å². The Labute approximate surface area is 110 Å². The number of aromatic amines is 1. The summed E-state index contributed by atoms with van der Waals surface area (Å²) in [5.74, 6) is 0.454. The van der Waals surface area contributed by atoms with Crippen molar-refractivity contribution in [2.45, 2.75) is 13.5 Å². The van der Waals surface area contributed by atoms with Crippen molar-refractivity contribution in [1.29, 1.82) is 0 Å². The van der Waals surface area contributed by atoms with Gasteiger partial charge in [0.25, 0.3) is 5.56 Å². The van der Waals surface area contributed by atoms with E-state index >= 15 is 0 Å². The molecule has 0 saturated carbocycles. The zero-order valence-electron chi connectivity index (χ0n) is 10.5. The highest BCUT2D eigenvalue weighted by Crippen LogP contribution is 2.17. The molecule has 1 aromatic carbocycles. The van der Waals surface area contributed by atoms with Gasteiger partial charge in [0.2, 0.25) is 5.88 Å². The van der Waals surface area contributed by atoms with E-state index in [1.807, 2.05) is 31.2 Å². The molecule has 0 unspecified atom stereocenters. The van der Waals surface area contributed by atoms with Crippen LogP contribution in [-0.4, -0.2) is 21.7 Å². The summed E-state index contributed by atoms with van der Waals surface area (Å²) in [6.07, 6.45) is 1.15. The van der Waals surface area contributed by atoms with E-state index < -0.39 is 5.56 Å². The lowest BCUT2D eigenvalue weighted by molar-refractivity contribution is 0.340. The maximum atomic E-state index is 11.5. The van der Waals surface area contributed by atoms with Crippen molar-refractivity contribution >= 4 is 5.69 Å². The molecular weight excluding hydrogens is 246 g/mol. The summed E-state index contributed by atoms with van der Waals surface area (Å²) in [6.45, 7) is 2.90. The Morgan fingerprint density at radius 1 is 1.47 bits per heavy atom. The van der Waals surface area contributed by atoms with Gasteiger partial charge in [-0.05, 0) is 24.6 Å². The van der Waals surface area contributed by atoms with Crippen molar-refractivity contribution in [2.75, 3.05) is 11.9 Å². The van der Waals surface area contributed by atoms with Crippen LogP contribution in [-0.2, 0) is 6.54 Å². The van der Waals surface area contributed by atoms with E-state index in [1.165, 1.54) is 0 Å². The molecule has 0 amide bonds. The molecule has 0 atom stereocenters. The number of ether oxygens (including phenoxy) is 1. The van der Waals surface area contributed by atoms with E-state index in [9.17, 15) is 9.90 Å². The van der Waals surface area contributed by atoms with Crippen molar-refractivity contribution in [1.82, 2.24) is 9.97 Å². The lowest BCUT2D eigenvalue weighted by Gasteiger charge is -2.08. The molecule has 0 aliphatic carbocycles. The number of hydrogen-bond acceptors (Lipinski definition) is 5. The number of hydrogen-bond donors (Lipinski definition) is 3. The molecule has 100 valence electrons. The highest BCUT2D eigenvalue weighted by atomic mass is 16.5. The van der Waals surface area contributed by atoms with Crippen LogP contribution in [0.5, 0.6) is 11.6 Å². The minimum absolute atomic E-state index is 0.0595. The monoisotopic (exact) mass is 261 g/mol. The maximum absolute atomic E-state index is 11.5. The Hall–Kier alpha value is -2.50. The number of anilines is 1. The summed E-state index contributed by atoms with van der Waals surface area (Å²) in [7, 11) is 0. The highest BCUT2D eigenvalue weighted by molar-refractivity contribution is 5.49. The second-order valence-corrected chi connectivity index (χ2v) is 3.86. The molecule has 0 aliphatic heterocycles. The van der Waals surface area contributed by atoms with Crippen LogP contribution < -0.4 is 15.6 Å². The van der Waals surface area contributed by atoms with Crippen LogP contribution in [0.3, 0.4) is 0 Å². The van der Waals surface area contributed by atoms with Gasteiger partial charge < -0.3 is 20.1 Å². The number of benzene rings is 1. The first-order valence-corrected chi connectivity index (χ1v) is 5.93. The third kappa shape index (κ3) is 3.25. The molecule has 0 aliphatic rings. The smallest absolute Gasteiger partial charge is 0.278 e. The summed E-state index contributed by atoms with van der Waals surface area (Å²) in [4.78, 5) is 17.5. The van der Waals surface area contributed by atoms with E-state index in [4.69, 9.17) is 4.74 Å². The van der Waals surface area contributed by atoms with Crippen LogP contribution in [0.25, 0.3) is 0 Å². The molecule has 0 radical (unpaired) electrons. The number of nitrogens with one attached hydrogen (secondary N) is 2. The Balaban J connectivity index is 2.10. The predicted molar refractivity (Wildman–Crippen MR) is 71.5 cm³/mol. The van der Waals surface area contributed by atoms with E-state index in [-0.39, 0.29) is 11.6 Å². The predicted octanol–water partition coefficient (Wildman–Crippen LogP) is 1.49. The molecule has 19 heavy (non-hydrogen) atoms. The number of rotatable bonds is 5. The number of aromatic hydroxyl groups is 1. The fraction of sp³-hybridized carbons (Fsp3) is 0.231. The third-order valence-electron chi connectivity index (χ3n) is 2.51. The zero-order valence-corrected chi connectivity index (χ0v) is 10.5. The van der Waals surface area contributed by atoms with Crippen LogP contribution in [0.4, 0.5) is 5.69 Å². The zero-order chi connectivity index (χ0) is 13.7. The van der Waals surface area contributed by atoms with Crippen molar-refractivity contribution in [3.05, 3.63) is 46.5 Å². The third-order valence-corrected chi connectivity index (χ3v) is 2.51. The number of nitrogens with zero attached hydrogens (tertiary/aromatic N) is 1. The van der Waals surface area contributed by atoms with Gasteiger partial charge in [-0.3, -0.25) is 4.79 Å². The minimum Gasteiger partial charge on any atom is -0.494 e. The fourth-order valence-electron chi connectivity index (χ4n) is 1.65. The van der Waals surface area contributed by atoms with Crippen LogP contribution in [0.2, 0.25) is 0 Å². The lowest BCUT2D eigenvalue weighted by Crippen LogP contribution is -2.14. The Morgan fingerprint density at radius 3 is 3.05 bits per heavy atom. The van der Waals surface area contributed by atoms with E-state index in [2.05, 4.69) is 15.3 Å². The first kappa shape index (κ1) is 12.9. The standard InChI is InChI=1S/C13H15N3O3/c1-2-19-10-5-3-4-9(6-10)7-14-11-12(17)15-8-16-13(11)18/h3-6,8,14H,2,7H2,1H3,(H2,15,16,17,18). The maximum Gasteiger partial charge on any atom is 0.278 e. The van der Waals surface area contributed by atoms with Crippen molar-refractivity contribution in [3.8, 4) is 11.6 Å². The van der Waals surface area contributed by atoms with E-state index in [0.29, 0.717) is 13.2 Å². The SMILES string of the molecule is CCOc1cccc(CNc2c(O)nc[nH]c2=O)c1. The average molecular weight is 261 g/mol. The molecule has 2 aromatic rings. The van der Waals surface area contributed by atoms with Crippen LogP contribution in [0.1, 0.15) is 12.5 Å². The topological polar surface area (TPSA) is 87.2 Å². The molecule has 3 N–H and O–H groups in total. The van der Waals surface area contributed by atoms with Gasteiger partial charge in [0.15, 0.2) is 5.69 Å². The molecule has 0 fully saturated rings. The van der Waals surface area contributed by atoms with Gasteiger partial charge in [-0.1, -0.05) is 12.1 Å². The molecule has 1 aromatic heterocycles. The van der Waals surface area contributed by atoms with Crippen molar-refractivity contribution in [2.24, 2.45) is 0 Å². The summed E-state index contributed by atoms with van der Waals surface area (Å²) in [5.41, 5.74) is 0.589. The van der Waals surface area contributed by atoms with Crippen LogP contribution in [0, 0.1) is 0 Å². The van der Waals surface area contributed by atoms with Crippen molar-refractivity contribution in [3.63, 3.8) is 0 Å².